The molecule has 2 nitrogen and oxygen atoms in total. The molecule has 2 heteroatoms. The Morgan fingerprint density at radius 2 is 1.07 bits per heavy atom. The van der Waals surface area contributed by atoms with Crippen LogP contribution in [0.1, 0.15) is 143 Å². The predicted octanol–water partition coefficient (Wildman–Crippen LogP) is 8.86. The van der Waals surface area contributed by atoms with Crippen molar-refractivity contribution in [3.05, 3.63) is 0 Å². The highest BCUT2D eigenvalue weighted by Crippen LogP contribution is 2.43. The molecule has 0 saturated heterocycles. The second-order valence-corrected chi connectivity index (χ2v) is 9.08. The van der Waals surface area contributed by atoms with E-state index in [-0.39, 0.29) is 11.4 Å². The summed E-state index contributed by atoms with van der Waals surface area (Å²) in [6.07, 6.45) is 22.4. The molecule has 0 radical (unpaired) electrons. The van der Waals surface area contributed by atoms with Gasteiger partial charge in [0.15, 0.2) is 0 Å². The maximum absolute atomic E-state index is 13.0. The summed E-state index contributed by atoms with van der Waals surface area (Å²) in [5.41, 5.74) is -0.252. The molecule has 0 spiro atoms. The van der Waals surface area contributed by atoms with E-state index in [2.05, 4.69) is 27.7 Å². The van der Waals surface area contributed by atoms with Gasteiger partial charge < -0.3 is 4.74 Å². The zero-order chi connectivity index (χ0) is 21.1. The summed E-state index contributed by atoms with van der Waals surface area (Å²) < 4.78 is 5.38. The van der Waals surface area contributed by atoms with Crippen LogP contribution in [0.5, 0.6) is 0 Å². The third kappa shape index (κ3) is 11.5. The molecule has 2 unspecified atom stereocenters. The fourth-order valence-electron chi connectivity index (χ4n) is 4.64. The van der Waals surface area contributed by atoms with Crippen LogP contribution in [0.4, 0.5) is 0 Å². The molecule has 0 amide bonds. The van der Waals surface area contributed by atoms with Crippen LogP contribution in [-0.2, 0) is 9.53 Å². The van der Waals surface area contributed by atoms with Gasteiger partial charge in [0.05, 0.1) is 12.5 Å². The molecule has 168 valence electrons. The Kier molecular flexibility index (Phi) is 18.1. The van der Waals surface area contributed by atoms with E-state index in [0.717, 1.165) is 25.7 Å². The Morgan fingerprint density at radius 1 is 0.679 bits per heavy atom. The van der Waals surface area contributed by atoms with Crippen molar-refractivity contribution < 1.29 is 9.53 Å². The van der Waals surface area contributed by atoms with E-state index in [0.29, 0.717) is 5.92 Å². The number of methoxy groups -OCH3 is 1. The van der Waals surface area contributed by atoms with E-state index in [1.54, 1.807) is 7.11 Å². The molecule has 0 aliphatic heterocycles. The molecule has 0 rings (SSSR count). The zero-order valence-electron chi connectivity index (χ0n) is 20.1. The Balaban J connectivity index is 4.77. The molecule has 0 heterocycles. The van der Waals surface area contributed by atoms with E-state index in [9.17, 15) is 4.79 Å². The minimum atomic E-state index is -0.252. The van der Waals surface area contributed by atoms with Crippen molar-refractivity contribution >= 4 is 5.97 Å². The maximum Gasteiger partial charge on any atom is 0.312 e. The second kappa shape index (κ2) is 18.5. The van der Waals surface area contributed by atoms with Gasteiger partial charge in [-0.25, -0.2) is 0 Å². The molecule has 0 aliphatic carbocycles. The average molecular weight is 397 g/mol. The fraction of sp³-hybridized carbons (Fsp3) is 0.962. The average Bonchev–Trinajstić information content (AvgIpc) is 2.71. The second-order valence-electron chi connectivity index (χ2n) is 9.08. The van der Waals surface area contributed by atoms with Crippen molar-refractivity contribution in [2.75, 3.05) is 7.11 Å². The number of unbranched alkanes of at least 4 members (excludes halogenated alkanes) is 12. The molecular formula is C26H52O2. The summed E-state index contributed by atoms with van der Waals surface area (Å²) in [4.78, 5) is 13.0. The number of hydrogen-bond acceptors (Lipinski definition) is 2. The minimum absolute atomic E-state index is 0.0657. The van der Waals surface area contributed by atoms with Crippen molar-refractivity contribution in [2.45, 2.75) is 143 Å². The first-order chi connectivity index (χ1) is 13.6. The molecule has 0 saturated carbocycles. The standard InChI is InChI=1S/C26H52O2/c1-6-9-12-14-15-16-17-20-23-26(25(27)28-5,22-19-13-10-7-2)24(4)21-18-11-8-3/h24H,6-23H2,1-5H3. The summed E-state index contributed by atoms with van der Waals surface area (Å²) in [5.74, 6) is 0.494. The van der Waals surface area contributed by atoms with Gasteiger partial charge in [-0.2, -0.15) is 0 Å². The van der Waals surface area contributed by atoms with Crippen LogP contribution in [0.15, 0.2) is 0 Å². The summed E-state index contributed by atoms with van der Waals surface area (Å²) in [7, 11) is 1.59. The number of esters is 1. The van der Waals surface area contributed by atoms with Gasteiger partial charge in [0.2, 0.25) is 0 Å². The molecular weight excluding hydrogens is 344 g/mol. The molecule has 0 aliphatic rings. The Hall–Kier alpha value is -0.530. The van der Waals surface area contributed by atoms with E-state index in [1.807, 2.05) is 0 Å². The van der Waals surface area contributed by atoms with E-state index in [4.69, 9.17) is 4.74 Å². The number of ether oxygens (including phenoxy) is 1. The van der Waals surface area contributed by atoms with Gasteiger partial charge in [-0.15, -0.1) is 0 Å². The molecule has 0 bridgehead atoms. The third-order valence-corrected chi connectivity index (χ3v) is 6.73. The SMILES string of the molecule is CCCCCCCCCCC(CCCCCC)(C(=O)OC)C(C)CCCCC. The van der Waals surface area contributed by atoms with Crippen molar-refractivity contribution in [3.63, 3.8) is 0 Å². The van der Waals surface area contributed by atoms with E-state index >= 15 is 0 Å². The Morgan fingerprint density at radius 3 is 1.54 bits per heavy atom. The zero-order valence-corrected chi connectivity index (χ0v) is 20.1. The quantitative estimate of drug-likeness (QED) is 0.152. The van der Waals surface area contributed by atoms with Crippen molar-refractivity contribution in [1.29, 1.82) is 0 Å². The normalized spacial score (nSPS) is 14.6. The smallest absolute Gasteiger partial charge is 0.312 e. The summed E-state index contributed by atoms with van der Waals surface area (Å²) >= 11 is 0. The molecule has 28 heavy (non-hydrogen) atoms. The largest absolute Gasteiger partial charge is 0.469 e. The number of carbonyl (C=O) groups is 1. The lowest BCUT2D eigenvalue weighted by Gasteiger charge is -2.37. The highest BCUT2D eigenvalue weighted by atomic mass is 16.5. The fourth-order valence-corrected chi connectivity index (χ4v) is 4.64. The van der Waals surface area contributed by atoms with E-state index in [1.165, 1.54) is 89.9 Å². The van der Waals surface area contributed by atoms with Gasteiger partial charge in [0.1, 0.15) is 0 Å². The summed E-state index contributed by atoms with van der Waals surface area (Å²) in [6.45, 7) is 9.09. The first-order valence-corrected chi connectivity index (χ1v) is 12.7. The summed E-state index contributed by atoms with van der Waals surface area (Å²) in [5, 5.41) is 0. The van der Waals surface area contributed by atoms with Gasteiger partial charge >= 0.3 is 5.97 Å². The first kappa shape index (κ1) is 27.5. The molecule has 0 aromatic heterocycles. The highest BCUT2D eigenvalue weighted by Gasteiger charge is 2.42. The van der Waals surface area contributed by atoms with Crippen LogP contribution >= 0.6 is 0 Å². The Labute approximate surface area is 177 Å². The van der Waals surface area contributed by atoms with Crippen LogP contribution in [0.3, 0.4) is 0 Å². The van der Waals surface area contributed by atoms with Crippen molar-refractivity contribution in [3.8, 4) is 0 Å². The van der Waals surface area contributed by atoms with Crippen LogP contribution in [-0.4, -0.2) is 13.1 Å². The maximum atomic E-state index is 13.0. The lowest BCUT2D eigenvalue weighted by Crippen LogP contribution is -2.39. The van der Waals surface area contributed by atoms with Crippen LogP contribution < -0.4 is 0 Å². The molecule has 0 aromatic carbocycles. The van der Waals surface area contributed by atoms with Gasteiger partial charge in [-0.3, -0.25) is 4.79 Å². The van der Waals surface area contributed by atoms with Crippen LogP contribution in [0, 0.1) is 11.3 Å². The predicted molar refractivity (Wildman–Crippen MR) is 124 cm³/mol. The lowest BCUT2D eigenvalue weighted by atomic mass is 9.67. The van der Waals surface area contributed by atoms with Crippen molar-refractivity contribution in [1.82, 2.24) is 0 Å². The molecule has 2 atom stereocenters. The topological polar surface area (TPSA) is 26.3 Å². The van der Waals surface area contributed by atoms with Crippen LogP contribution in [0.25, 0.3) is 0 Å². The van der Waals surface area contributed by atoms with Gasteiger partial charge in [-0.05, 0) is 25.2 Å². The number of carbonyl (C=O) groups excluding carboxylic acids is 1. The summed E-state index contributed by atoms with van der Waals surface area (Å²) in [6, 6.07) is 0. The van der Waals surface area contributed by atoms with Gasteiger partial charge in [-0.1, -0.05) is 124 Å². The van der Waals surface area contributed by atoms with Gasteiger partial charge in [0.25, 0.3) is 0 Å². The molecule has 0 N–H and O–H groups in total. The lowest BCUT2D eigenvalue weighted by molar-refractivity contribution is -0.158. The Bertz CT molecular complexity index is 352. The highest BCUT2D eigenvalue weighted by molar-refractivity contribution is 5.77. The van der Waals surface area contributed by atoms with Crippen molar-refractivity contribution in [2.24, 2.45) is 11.3 Å². The van der Waals surface area contributed by atoms with Gasteiger partial charge in [0, 0.05) is 0 Å². The number of rotatable bonds is 20. The molecule has 0 aromatic rings. The van der Waals surface area contributed by atoms with E-state index < -0.39 is 0 Å². The first-order valence-electron chi connectivity index (χ1n) is 12.7. The van der Waals surface area contributed by atoms with Crippen LogP contribution in [0.2, 0.25) is 0 Å². The molecule has 0 fully saturated rings. The number of hydrogen-bond donors (Lipinski definition) is 0. The third-order valence-electron chi connectivity index (χ3n) is 6.73. The monoisotopic (exact) mass is 396 g/mol. The minimum Gasteiger partial charge on any atom is -0.469 e.